The summed E-state index contributed by atoms with van der Waals surface area (Å²) in [6.45, 7) is 8.77. The maximum atomic E-state index is 11.1. The van der Waals surface area contributed by atoms with Crippen LogP contribution in [0.25, 0.3) is 0 Å². The molecule has 0 spiro atoms. The maximum Gasteiger partial charge on any atom is 0.238 e. The number of nitrogens with zero attached hydrogens (tertiary/aromatic N) is 3. The lowest BCUT2D eigenvalue weighted by Crippen LogP contribution is -2.37. The number of rotatable bonds is 5. The molecule has 3 N–H and O–H groups in total. The zero-order valence-electron chi connectivity index (χ0n) is 18.0. The number of sulfonamides is 1. The van der Waals surface area contributed by atoms with Crippen molar-refractivity contribution in [3.8, 4) is 5.75 Å². The number of hydrogen-bond acceptors (Lipinski definition) is 7. The second-order valence-electron chi connectivity index (χ2n) is 7.76. The second kappa shape index (κ2) is 12.2. The first-order chi connectivity index (χ1) is 14.3. The Morgan fingerprint density at radius 2 is 1.87 bits per heavy atom. The average Bonchev–Trinajstić information content (AvgIpc) is 2.72. The highest BCUT2D eigenvalue weighted by Crippen LogP contribution is 2.26. The second-order valence-corrected chi connectivity index (χ2v) is 9.26. The van der Waals surface area contributed by atoms with Crippen LogP contribution >= 0.6 is 0 Å². The number of benzene rings is 1. The maximum absolute atomic E-state index is 11.1. The van der Waals surface area contributed by atoms with E-state index in [2.05, 4.69) is 20.9 Å². The first-order valence-electron chi connectivity index (χ1n) is 10.5. The molecule has 0 amide bonds. The molecule has 1 heterocycles. The quantitative estimate of drug-likeness (QED) is 0.685. The smallest absolute Gasteiger partial charge is 0.238 e. The molecule has 2 fully saturated rings. The third-order valence-electron chi connectivity index (χ3n) is 5.38. The number of primary sulfonamides is 1. The fraction of sp³-hybridized carbons (Fsp3) is 0.667. The van der Waals surface area contributed by atoms with Gasteiger partial charge in [-0.1, -0.05) is 25.3 Å². The number of hydrogen-bond donors (Lipinski definition) is 2. The van der Waals surface area contributed by atoms with Crippen LogP contribution in [-0.4, -0.2) is 69.9 Å². The van der Waals surface area contributed by atoms with Crippen molar-refractivity contribution in [3.05, 3.63) is 23.3 Å². The van der Waals surface area contributed by atoms with Gasteiger partial charge in [-0.2, -0.15) is 0 Å². The zero-order valence-corrected chi connectivity index (χ0v) is 18.8. The van der Waals surface area contributed by atoms with Crippen molar-refractivity contribution in [2.24, 2.45) is 15.1 Å². The van der Waals surface area contributed by atoms with E-state index < -0.39 is 10.0 Å². The van der Waals surface area contributed by atoms with Gasteiger partial charge in [-0.15, -0.1) is 0 Å². The van der Waals surface area contributed by atoms with Gasteiger partial charge in [-0.25, -0.2) is 23.5 Å². The lowest BCUT2D eigenvalue weighted by Gasteiger charge is -2.25. The Hall–Kier alpha value is -1.77. The van der Waals surface area contributed by atoms with E-state index in [0.29, 0.717) is 17.2 Å². The van der Waals surface area contributed by atoms with Crippen LogP contribution in [0.5, 0.6) is 5.75 Å². The standard InChI is InChI=1S/C13H23N3O.C8H11NO3S/c1-2-4-13(5-3-1)15-12-14-6-7-16-8-10-17-11-9-16;1-5-3-4-7(10)6(2)8(5)13(9,11)12/h13H,1-11H2;3-4,10H,1-2H3,(H2,9,11,12). The fourth-order valence-corrected chi connectivity index (χ4v) is 4.70. The van der Waals surface area contributed by atoms with E-state index in [0.717, 1.165) is 39.4 Å². The van der Waals surface area contributed by atoms with Crippen molar-refractivity contribution in [2.75, 3.05) is 39.4 Å². The molecular formula is C21H34N4O4S. The van der Waals surface area contributed by atoms with Crippen molar-refractivity contribution < 1.29 is 18.3 Å². The van der Waals surface area contributed by atoms with Crippen molar-refractivity contribution in [1.82, 2.24) is 4.90 Å². The number of phenolic OH excluding ortho intramolecular Hbond substituents is 1. The molecule has 0 atom stereocenters. The summed E-state index contributed by atoms with van der Waals surface area (Å²) in [6.07, 6.45) is 6.48. The van der Waals surface area contributed by atoms with E-state index >= 15 is 0 Å². The van der Waals surface area contributed by atoms with Crippen LogP contribution in [0.4, 0.5) is 0 Å². The number of aryl methyl sites for hydroxylation is 1. The van der Waals surface area contributed by atoms with E-state index in [4.69, 9.17) is 9.88 Å². The Kier molecular flexibility index (Phi) is 9.94. The molecule has 1 aliphatic heterocycles. The molecule has 1 aromatic carbocycles. The average molecular weight is 439 g/mol. The molecule has 168 valence electrons. The Balaban J connectivity index is 0.000000222. The minimum absolute atomic E-state index is 0.00694. The van der Waals surface area contributed by atoms with Gasteiger partial charge in [0.2, 0.25) is 10.0 Å². The Labute approximate surface area is 179 Å². The van der Waals surface area contributed by atoms with Crippen LogP contribution in [0, 0.1) is 13.8 Å². The molecule has 0 aromatic heterocycles. The molecule has 3 rings (SSSR count). The molecule has 2 aliphatic rings. The summed E-state index contributed by atoms with van der Waals surface area (Å²) in [5, 5.41) is 14.3. The lowest BCUT2D eigenvalue weighted by atomic mass is 9.96. The van der Waals surface area contributed by atoms with Gasteiger partial charge in [-0.05, 0) is 38.3 Å². The summed E-state index contributed by atoms with van der Waals surface area (Å²) in [7, 11) is -3.75. The molecule has 1 saturated carbocycles. The number of nitrogens with two attached hydrogens (primary N) is 1. The zero-order chi connectivity index (χ0) is 22.0. The summed E-state index contributed by atoms with van der Waals surface area (Å²) >= 11 is 0. The number of morpholine rings is 1. The largest absolute Gasteiger partial charge is 0.508 e. The fourth-order valence-electron chi connectivity index (χ4n) is 3.65. The highest BCUT2D eigenvalue weighted by Gasteiger charge is 2.16. The van der Waals surface area contributed by atoms with E-state index in [-0.39, 0.29) is 10.6 Å². The van der Waals surface area contributed by atoms with Crippen LogP contribution in [0.1, 0.15) is 43.2 Å². The Morgan fingerprint density at radius 1 is 1.20 bits per heavy atom. The van der Waals surface area contributed by atoms with Crippen molar-refractivity contribution in [2.45, 2.75) is 56.9 Å². The summed E-state index contributed by atoms with van der Waals surface area (Å²) in [6, 6.07) is 6.34. The van der Waals surface area contributed by atoms with Crippen molar-refractivity contribution >= 4 is 16.0 Å². The summed E-state index contributed by atoms with van der Waals surface area (Å²) in [5.74, 6) is -0.0605. The third-order valence-corrected chi connectivity index (χ3v) is 6.57. The molecule has 1 saturated heterocycles. The van der Waals surface area contributed by atoms with Crippen LogP contribution in [-0.2, 0) is 14.8 Å². The third kappa shape index (κ3) is 8.16. The molecule has 8 nitrogen and oxygen atoms in total. The van der Waals surface area contributed by atoms with Gasteiger partial charge in [0.05, 0.1) is 36.7 Å². The highest BCUT2D eigenvalue weighted by molar-refractivity contribution is 7.89. The van der Waals surface area contributed by atoms with E-state index in [1.54, 1.807) is 6.92 Å². The van der Waals surface area contributed by atoms with Crippen molar-refractivity contribution in [1.29, 1.82) is 0 Å². The summed E-state index contributed by atoms with van der Waals surface area (Å²) in [5.41, 5.74) is 0.834. The molecule has 0 bridgehead atoms. The van der Waals surface area contributed by atoms with Crippen LogP contribution in [0.15, 0.2) is 27.0 Å². The van der Waals surface area contributed by atoms with Gasteiger partial charge in [0, 0.05) is 25.2 Å². The minimum Gasteiger partial charge on any atom is -0.508 e. The number of aliphatic imine (C=N–C) groups is 2. The number of aromatic hydroxyl groups is 1. The monoisotopic (exact) mass is 438 g/mol. The highest BCUT2D eigenvalue weighted by atomic mass is 32.2. The van der Waals surface area contributed by atoms with Gasteiger partial charge in [0.1, 0.15) is 5.75 Å². The molecule has 1 aliphatic carbocycles. The van der Waals surface area contributed by atoms with Gasteiger partial charge >= 0.3 is 0 Å². The first-order valence-corrected chi connectivity index (χ1v) is 12.1. The van der Waals surface area contributed by atoms with Gasteiger partial charge in [-0.3, -0.25) is 4.90 Å². The topological polar surface area (TPSA) is 118 Å². The summed E-state index contributed by atoms with van der Waals surface area (Å²) in [4.78, 5) is 11.1. The summed E-state index contributed by atoms with van der Waals surface area (Å²) < 4.78 is 27.5. The van der Waals surface area contributed by atoms with Crippen molar-refractivity contribution in [3.63, 3.8) is 0 Å². The predicted molar refractivity (Wildman–Crippen MR) is 118 cm³/mol. The number of ether oxygens (including phenoxy) is 1. The van der Waals surface area contributed by atoms with E-state index in [9.17, 15) is 13.5 Å². The first kappa shape index (κ1) is 24.5. The SMILES string of the molecule is C(=NCCN1CCOCC1)=NC1CCCCC1.Cc1ccc(O)c(C)c1S(N)(=O)=O. The Morgan fingerprint density at radius 3 is 2.47 bits per heavy atom. The predicted octanol–water partition coefficient (Wildman–Crippen LogP) is 2.48. The minimum atomic E-state index is -3.75. The Bertz CT molecular complexity index is 839. The van der Waals surface area contributed by atoms with Crippen LogP contribution < -0.4 is 5.14 Å². The van der Waals surface area contributed by atoms with Crippen LogP contribution in [0.2, 0.25) is 0 Å². The lowest BCUT2D eigenvalue weighted by molar-refractivity contribution is 0.0395. The van der Waals surface area contributed by atoms with E-state index in [1.165, 1.54) is 51.2 Å². The van der Waals surface area contributed by atoms with Gasteiger partial charge in [0.25, 0.3) is 0 Å². The van der Waals surface area contributed by atoms with Gasteiger partial charge in [0.15, 0.2) is 0 Å². The number of phenols is 1. The normalized spacial score (nSPS) is 18.1. The molecular weight excluding hydrogens is 404 g/mol. The molecule has 9 heteroatoms. The molecule has 30 heavy (non-hydrogen) atoms. The van der Waals surface area contributed by atoms with E-state index in [1.807, 2.05) is 0 Å². The molecule has 0 radical (unpaired) electrons. The molecule has 0 unspecified atom stereocenters. The molecule has 1 aromatic rings. The van der Waals surface area contributed by atoms with Gasteiger partial charge < -0.3 is 9.84 Å². The van der Waals surface area contributed by atoms with Crippen LogP contribution in [0.3, 0.4) is 0 Å².